The minimum Gasteiger partial charge on any atom is -0.489 e. The number of benzene rings is 1. The first-order valence-corrected chi connectivity index (χ1v) is 8.18. The summed E-state index contributed by atoms with van der Waals surface area (Å²) in [4.78, 5) is 2.57. The van der Waals surface area contributed by atoms with E-state index in [0.717, 1.165) is 23.5 Å². The van der Waals surface area contributed by atoms with Gasteiger partial charge in [-0.25, -0.2) is 0 Å². The van der Waals surface area contributed by atoms with Crippen molar-refractivity contribution in [1.82, 2.24) is 4.90 Å². The molecule has 4 nitrogen and oxygen atoms in total. The number of ether oxygens (including phenoxy) is 1. The molecule has 0 amide bonds. The van der Waals surface area contributed by atoms with Crippen molar-refractivity contribution in [3.63, 3.8) is 0 Å². The van der Waals surface area contributed by atoms with Crippen molar-refractivity contribution in [1.29, 1.82) is 0 Å². The van der Waals surface area contributed by atoms with Gasteiger partial charge in [0.05, 0.1) is 11.7 Å². The quantitative estimate of drug-likeness (QED) is 0.874. The van der Waals surface area contributed by atoms with Gasteiger partial charge in [0, 0.05) is 18.1 Å². The molecule has 4 heteroatoms. The van der Waals surface area contributed by atoms with Gasteiger partial charge >= 0.3 is 0 Å². The molecule has 114 valence electrons. The summed E-state index contributed by atoms with van der Waals surface area (Å²) in [5.74, 6) is 1.56. The lowest BCUT2D eigenvalue weighted by Gasteiger charge is -2.42. The molecule has 3 heterocycles. The van der Waals surface area contributed by atoms with Crippen LogP contribution in [0.1, 0.15) is 25.7 Å². The first-order chi connectivity index (χ1) is 10.2. The Morgan fingerprint density at radius 1 is 1.24 bits per heavy atom. The van der Waals surface area contributed by atoms with Crippen molar-refractivity contribution in [2.24, 2.45) is 11.7 Å². The maximum Gasteiger partial charge on any atom is 0.142 e. The largest absolute Gasteiger partial charge is 0.489 e. The molecule has 1 aromatic rings. The van der Waals surface area contributed by atoms with Gasteiger partial charge in [-0.1, -0.05) is 12.1 Å². The van der Waals surface area contributed by atoms with Crippen LogP contribution < -0.4 is 15.8 Å². The van der Waals surface area contributed by atoms with Crippen molar-refractivity contribution in [2.75, 3.05) is 19.0 Å². The zero-order valence-corrected chi connectivity index (χ0v) is 12.7. The third-order valence-corrected chi connectivity index (χ3v) is 5.79. The number of rotatable bonds is 2. The monoisotopic (exact) mass is 287 g/mol. The van der Waals surface area contributed by atoms with E-state index in [1.165, 1.54) is 25.7 Å². The summed E-state index contributed by atoms with van der Waals surface area (Å²) in [6.07, 6.45) is 5.19. The highest BCUT2D eigenvalue weighted by Gasteiger charge is 2.42. The molecule has 2 unspecified atom stereocenters. The van der Waals surface area contributed by atoms with Gasteiger partial charge in [0.1, 0.15) is 12.4 Å². The molecule has 0 spiro atoms. The van der Waals surface area contributed by atoms with Gasteiger partial charge in [-0.2, -0.15) is 0 Å². The number of nitrogens with zero attached hydrogens (tertiary/aromatic N) is 1. The van der Waals surface area contributed by atoms with Gasteiger partial charge in [-0.05, 0) is 50.8 Å². The Hall–Kier alpha value is -1.26. The summed E-state index contributed by atoms with van der Waals surface area (Å²) in [6.45, 7) is 0.680. The van der Waals surface area contributed by atoms with Crippen LogP contribution in [0.4, 0.5) is 5.69 Å². The smallest absolute Gasteiger partial charge is 0.142 e. The Morgan fingerprint density at radius 3 is 2.71 bits per heavy atom. The second kappa shape index (κ2) is 5.18. The van der Waals surface area contributed by atoms with E-state index >= 15 is 0 Å². The van der Waals surface area contributed by atoms with E-state index in [1.54, 1.807) is 0 Å². The van der Waals surface area contributed by atoms with Gasteiger partial charge in [-0.3, -0.25) is 0 Å². The fourth-order valence-corrected chi connectivity index (χ4v) is 4.44. The molecule has 2 bridgehead atoms. The highest BCUT2D eigenvalue weighted by atomic mass is 16.5. The molecule has 2 fully saturated rings. The summed E-state index contributed by atoms with van der Waals surface area (Å²) in [5, 5.41) is 3.59. The number of anilines is 1. The van der Waals surface area contributed by atoms with Gasteiger partial charge in [0.25, 0.3) is 0 Å². The number of hydrogen-bond acceptors (Lipinski definition) is 4. The summed E-state index contributed by atoms with van der Waals surface area (Å²) < 4.78 is 5.89. The average Bonchev–Trinajstić information content (AvgIpc) is 2.75. The van der Waals surface area contributed by atoms with Crippen molar-refractivity contribution in [3.05, 3.63) is 24.3 Å². The number of para-hydroxylation sites is 2. The van der Waals surface area contributed by atoms with Crippen molar-refractivity contribution >= 4 is 5.69 Å². The van der Waals surface area contributed by atoms with E-state index in [2.05, 4.69) is 23.3 Å². The molecule has 2 saturated heterocycles. The van der Waals surface area contributed by atoms with Crippen LogP contribution in [0.25, 0.3) is 0 Å². The van der Waals surface area contributed by atoms with Crippen LogP contribution in [0, 0.1) is 5.92 Å². The molecule has 0 saturated carbocycles. The lowest BCUT2D eigenvalue weighted by Crippen LogP contribution is -2.54. The molecule has 3 N–H and O–H groups in total. The SMILES string of the molecule is CN1[C@@H]2CC[C@H]1C[C@@H](C(N)C1COc3ccccc3N1)C2. The van der Waals surface area contributed by atoms with E-state index in [4.69, 9.17) is 10.5 Å². The summed E-state index contributed by atoms with van der Waals surface area (Å²) >= 11 is 0. The molecule has 4 rings (SSSR count). The second-order valence-electron chi connectivity index (χ2n) is 6.92. The Morgan fingerprint density at radius 2 is 1.95 bits per heavy atom. The number of nitrogens with one attached hydrogen (secondary N) is 1. The van der Waals surface area contributed by atoms with Crippen LogP contribution in [0.3, 0.4) is 0 Å². The second-order valence-corrected chi connectivity index (χ2v) is 6.92. The first-order valence-electron chi connectivity index (χ1n) is 8.18. The zero-order valence-electron chi connectivity index (χ0n) is 12.7. The predicted octanol–water partition coefficient (Wildman–Crippen LogP) is 2.06. The standard InChI is InChI=1S/C17H25N3O/c1-20-12-6-7-13(20)9-11(8-12)17(18)15-10-21-16-5-3-2-4-14(16)19-15/h2-5,11-13,15,17,19H,6-10,18H2,1H3/t11-,12+,13-,15?,17?. The zero-order chi connectivity index (χ0) is 14.4. The van der Waals surface area contributed by atoms with E-state index in [9.17, 15) is 0 Å². The molecule has 0 radical (unpaired) electrons. The molecule has 21 heavy (non-hydrogen) atoms. The predicted molar refractivity (Wildman–Crippen MR) is 84.6 cm³/mol. The Labute approximate surface area is 126 Å². The number of fused-ring (bicyclic) bond motifs is 3. The number of nitrogens with two attached hydrogens (primary N) is 1. The van der Waals surface area contributed by atoms with Crippen LogP contribution in [0.15, 0.2) is 24.3 Å². The maximum absolute atomic E-state index is 6.62. The molecule has 3 aliphatic rings. The van der Waals surface area contributed by atoms with Gasteiger partial charge in [0.15, 0.2) is 0 Å². The number of hydrogen-bond donors (Lipinski definition) is 2. The highest BCUT2D eigenvalue weighted by Crippen LogP contribution is 2.39. The minimum absolute atomic E-state index is 0.176. The summed E-state index contributed by atoms with van der Waals surface area (Å²) in [5.41, 5.74) is 7.70. The lowest BCUT2D eigenvalue weighted by molar-refractivity contribution is 0.110. The number of piperidine rings is 1. The summed E-state index contributed by atoms with van der Waals surface area (Å²) in [6, 6.07) is 10.0. The van der Waals surface area contributed by atoms with E-state index in [1.807, 2.05) is 18.2 Å². The molecule has 1 aromatic carbocycles. The van der Waals surface area contributed by atoms with Crippen molar-refractivity contribution < 1.29 is 4.74 Å². The van der Waals surface area contributed by atoms with Crippen molar-refractivity contribution in [2.45, 2.75) is 49.9 Å². The lowest BCUT2D eigenvalue weighted by atomic mass is 9.82. The van der Waals surface area contributed by atoms with Crippen LogP contribution in [0.5, 0.6) is 5.75 Å². The fourth-order valence-electron chi connectivity index (χ4n) is 4.44. The van der Waals surface area contributed by atoms with Crippen LogP contribution in [-0.2, 0) is 0 Å². The Bertz CT molecular complexity index is 507. The van der Waals surface area contributed by atoms with Crippen LogP contribution >= 0.6 is 0 Å². The van der Waals surface area contributed by atoms with Gasteiger partial charge in [-0.15, -0.1) is 0 Å². The van der Waals surface area contributed by atoms with Crippen LogP contribution in [-0.4, -0.2) is 42.7 Å². The Kier molecular flexibility index (Phi) is 3.31. The first kappa shape index (κ1) is 13.4. The van der Waals surface area contributed by atoms with E-state index in [-0.39, 0.29) is 12.1 Å². The average molecular weight is 287 g/mol. The molecule has 0 aromatic heterocycles. The fraction of sp³-hybridized carbons (Fsp3) is 0.647. The van der Waals surface area contributed by atoms with Gasteiger partial charge in [0.2, 0.25) is 0 Å². The molecule has 0 aliphatic carbocycles. The van der Waals surface area contributed by atoms with Crippen LogP contribution in [0.2, 0.25) is 0 Å². The molecule has 5 atom stereocenters. The summed E-state index contributed by atoms with van der Waals surface area (Å²) in [7, 11) is 2.28. The highest BCUT2D eigenvalue weighted by molar-refractivity contribution is 5.58. The molecule has 3 aliphatic heterocycles. The Balaban J connectivity index is 1.46. The normalized spacial score (nSPS) is 36.5. The molecular formula is C17H25N3O. The van der Waals surface area contributed by atoms with Crippen molar-refractivity contribution in [3.8, 4) is 5.75 Å². The molecular weight excluding hydrogens is 262 g/mol. The van der Waals surface area contributed by atoms with Gasteiger partial charge < -0.3 is 20.7 Å². The maximum atomic E-state index is 6.62. The third-order valence-electron chi connectivity index (χ3n) is 5.79. The minimum atomic E-state index is 0.176. The van der Waals surface area contributed by atoms with E-state index in [0.29, 0.717) is 12.5 Å². The van der Waals surface area contributed by atoms with E-state index < -0.39 is 0 Å². The topological polar surface area (TPSA) is 50.5 Å². The third kappa shape index (κ3) is 2.30.